The zero-order valence-electron chi connectivity index (χ0n) is 16.9. The predicted molar refractivity (Wildman–Crippen MR) is 109 cm³/mol. The van der Waals surface area contributed by atoms with Crippen molar-refractivity contribution in [3.63, 3.8) is 0 Å². The van der Waals surface area contributed by atoms with Crippen molar-refractivity contribution in [2.75, 3.05) is 11.9 Å². The van der Waals surface area contributed by atoms with E-state index in [-0.39, 0.29) is 24.9 Å². The molecule has 1 unspecified atom stereocenters. The van der Waals surface area contributed by atoms with Crippen LogP contribution in [0, 0.1) is 12.7 Å². The Morgan fingerprint density at radius 2 is 1.97 bits per heavy atom. The first-order chi connectivity index (χ1) is 14.3. The lowest BCUT2D eigenvalue weighted by Crippen LogP contribution is -2.30. The van der Waals surface area contributed by atoms with E-state index in [2.05, 4.69) is 31.9 Å². The maximum atomic E-state index is 12.2. The van der Waals surface area contributed by atoms with E-state index >= 15 is 0 Å². The molecule has 0 bridgehead atoms. The lowest BCUT2D eigenvalue weighted by molar-refractivity contribution is -0.105. The van der Waals surface area contributed by atoms with Crippen molar-refractivity contribution in [2.24, 2.45) is 10.7 Å². The number of amidine groups is 1. The first kappa shape index (κ1) is 24.9. The van der Waals surface area contributed by atoms with E-state index in [1.54, 1.807) is 0 Å². The molecule has 0 aliphatic carbocycles. The fourth-order valence-corrected chi connectivity index (χ4v) is 2.15. The van der Waals surface area contributed by atoms with Crippen LogP contribution in [0.2, 0.25) is 0 Å². The summed E-state index contributed by atoms with van der Waals surface area (Å²) in [4.78, 5) is 21.6. The average Bonchev–Trinajstić information content (AvgIpc) is 2.73. The lowest BCUT2D eigenvalue weighted by atomic mass is 10.2. The third-order valence-corrected chi connectivity index (χ3v) is 3.66. The minimum atomic E-state index is -2.43. The number of amides is 1. The van der Waals surface area contributed by atoms with Crippen LogP contribution >= 0.6 is 0 Å². The Bertz CT molecular complexity index is 771. The summed E-state index contributed by atoms with van der Waals surface area (Å²) in [5, 5.41) is 2.39. The molecule has 3 rings (SSSR count). The van der Waals surface area contributed by atoms with Crippen LogP contribution in [-0.4, -0.2) is 41.5 Å². The van der Waals surface area contributed by atoms with Gasteiger partial charge in [-0.05, 0) is 37.6 Å². The number of aryl methyl sites for hydroxylation is 2. The molecule has 3 N–H and O–H groups in total. The van der Waals surface area contributed by atoms with E-state index in [0.717, 1.165) is 24.2 Å². The number of halogens is 3. The molecular weight excluding hydrogens is 399 g/mol. The highest BCUT2D eigenvalue weighted by Crippen LogP contribution is 2.13. The van der Waals surface area contributed by atoms with Crippen molar-refractivity contribution in [3.05, 3.63) is 53.9 Å². The van der Waals surface area contributed by atoms with Gasteiger partial charge in [0.05, 0.1) is 18.0 Å². The maximum absolute atomic E-state index is 12.2. The van der Waals surface area contributed by atoms with E-state index in [0.29, 0.717) is 12.1 Å². The lowest BCUT2D eigenvalue weighted by Gasteiger charge is -2.17. The number of benzene rings is 1. The van der Waals surface area contributed by atoms with Gasteiger partial charge in [0, 0.05) is 24.5 Å². The third kappa shape index (κ3) is 10.4. The van der Waals surface area contributed by atoms with Crippen molar-refractivity contribution >= 4 is 18.1 Å². The summed E-state index contributed by atoms with van der Waals surface area (Å²) in [5.74, 6) is -0.309. The van der Waals surface area contributed by atoms with Gasteiger partial charge in [-0.3, -0.25) is 14.8 Å². The van der Waals surface area contributed by atoms with Crippen molar-refractivity contribution in [1.82, 2.24) is 9.97 Å². The number of carbonyl (C=O) groups excluding carboxylic acids is 1. The summed E-state index contributed by atoms with van der Waals surface area (Å²) in [6.07, 6.45) is 4.20. The Morgan fingerprint density at radius 1 is 1.27 bits per heavy atom. The van der Waals surface area contributed by atoms with Crippen molar-refractivity contribution in [1.29, 1.82) is 0 Å². The number of ether oxygens (including phenoxy) is 1. The molecule has 1 aliphatic heterocycles. The monoisotopic (exact) mass is 425 g/mol. The van der Waals surface area contributed by atoms with Gasteiger partial charge in [0.15, 0.2) is 0 Å². The summed E-state index contributed by atoms with van der Waals surface area (Å²) < 4.78 is 40.6. The molecule has 30 heavy (non-hydrogen) atoms. The molecule has 10 heteroatoms. The largest absolute Gasteiger partial charge is 0.465 e. The van der Waals surface area contributed by atoms with E-state index < -0.39 is 12.5 Å². The summed E-state index contributed by atoms with van der Waals surface area (Å²) in [6, 6.07) is 4.45. The number of hydrogen-bond donors (Lipinski definition) is 2. The number of nitrogens with one attached hydrogen (secondary N) is 1. The van der Waals surface area contributed by atoms with Crippen molar-refractivity contribution in [2.45, 2.75) is 45.6 Å². The zero-order chi connectivity index (χ0) is 22.4. The quantitative estimate of drug-likeness (QED) is 0.714. The second-order valence-electron chi connectivity index (χ2n) is 6.17. The molecule has 1 atom stereocenters. The first-order valence-corrected chi connectivity index (χ1v) is 9.33. The Kier molecular flexibility index (Phi) is 11.5. The standard InChI is InChI=1S/C8H12N2.C7H6FNO.C5H8F2N2O/c1-3-4-8-6-9-7(2)5-10-8;8-6-1-3-7(4-2-6)9-5-10;6-4(7)3-1-2-10-5(8)9-3/h5-6H,3-4H2,1-2H3;1-5H,(H,9,10);3-4H,1-2H2,(H2,8,9). The fourth-order valence-electron chi connectivity index (χ4n) is 2.15. The number of rotatable bonds is 5. The first-order valence-electron chi connectivity index (χ1n) is 9.33. The van der Waals surface area contributed by atoms with E-state index in [9.17, 15) is 18.0 Å². The average molecular weight is 425 g/mol. The van der Waals surface area contributed by atoms with Gasteiger partial charge in [-0.2, -0.15) is 0 Å². The molecule has 0 radical (unpaired) electrons. The Morgan fingerprint density at radius 3 is 2.43 bits per heavy atom. The summed E-state index contributed by atoms with van der Waals surface area (Å²) >= 11 is 0. The summed E-state index contributed by atoms with van der Waals surface area (Å²) in [5.41, 5.74) is 7.73. The maximum Gasteiger partial charge on any atom is 0.282 e. The fraction of sp³-hybridized carbons (Fsp3) is 0.400. The zero-order valence-corrected chi connectivity index (χ0v) is 16.9. The SMILES string of the molecule is CCCc1cnc(C)cn1.NC1=NC(C(F)F)CCO1.O=CNc1ccc(F)cc1. The molecule has 0 saturated carbocycles. The highest BCUT2D eigenvalue weighted by atomic mass is 19.3. The minimum absolute atomic E-state index is 0.128. The number of hydrogen-bond acceptors (Lipinski definition) is 6. The normalized spacial score (nSPS) is 14.9. The molecule has 0 fully saturated rings. The molecule has 0 saturated heterocycles. The van der Waals surface area contributed by atoms with Crippen molar-refractivity contribution in [3.8, 4) is 0 Å². The topological polar surface area (TPSA) is 102 Å². The Hall–Kier alpha value is -3.17. The molecular formula is C20H26F3N5O2. The van der Waals surface area contributed by atoms with E-state index in [4.69, 9.17) is 5.73 Å². The van der Waals surface area contributed by atoms with Crippen LogP contribution < -0.4 is 11.1 Å². The molecule has 1 aromatic heterocycles. The molecule has 0 spiro atoms. The predicted octanol–water partition coefficient (Wildman–Crippen LogP) is 3.49. The number of nitrogens with two attached hydrogens (primary N) is 1. The van der Waals surface area contributed by atoms with Crippen LogP contribution in [0.4, 0.5) is 18.9 Å². The highest BCUT2D eigenvalue weighted by molar-refractivity contribution is 5.72. The van der Waals surface area contributed by atoms with Gasteiger partial charge < -0.3 is 15.8 Å². The number of anilines is 1. The van der Waals surface area contributed by atoms with Crippen LogP contribution in [0.1, 0.15) is 31.2 Å². The van der Waals surface area contributed by atoms with Gasteiger partial charge in [0.1, 0.15) is 11.9 Å². The number of carbonyl (C=O) groups is 1. The molecule has 7 nitrogen and oxygen atoms in total. The van der Waals surface area contributed by atoms with Gasteiger partial charge in [-0.25, -0.2) is 18.2 Å². The van der Waals surface area contributed by atoms with Crippen LogP contribution in [0.15, 0.2) is 41.7 Å². The Labute approximate surface area is 173 Å². The molecule has 164 valence electrons. The summed E-state index contributed by atoms with van der Waals surface area (Å²) in [6.45, 7) is 4.33. The smallest absolute Gasteiger partial charge is 0.282 e. The molecule has 1 amide bonds. The van der Waals surface area contributed by atoms with Gasteiger partial charge in [-0.15, -0.1) is 0 Å². The van der Waals surface area contributed by atoms with Crippen LogP contribution in [0.25, 0.3) is 0 Å². The van der Waals surface area contributed by atoms with E-state index in [1.165, 1.54) is 24.3 Å². The number of aliphatic imine (C=N–C) groups is 1. The molecule has 1 aromatic carbocycles. The van der Waals surface area contributed by atoms with E-state index in [1.807, 2.05) is 19.3 Å². The molecule has 1 aliphatic rings. The molecule has 2 aromatic rings. The third-order valence-electron chi connectivity index (χ3n) is 3.66. The summed E-state index contributed by atoms with van der Waals surface area (Å²) in [7, 11) is 0. The number of alkyl halides is 2. The number of aromatic nitrogens is 2. The van der Waals surface area contributed by atoms with Gasteiger partial charge >= 0.3 is 0 Å². The highest BCUT2D eigenvalue weighted by Gasteiger charge is 2.23. The van der Waals surface area contributed by atoms with Gasteiger partial charge in [-0.1, -0.05) is 13.3 Å². The van der Waals surface area contributed by atoms with Crippen molar-refractivity contribution < 1.29 is 22.7 Å². The van der Waals surface area contributed by atoms with Gasteiger partial charge in [0.2, 0.25) is 6.41 Å². The minimum Gasteiger partial charge on any atom is -0.465 e. The van der Waals surface area contributed by atoms with Gasteiger partial charge in [0.25, 0.3) is 12.4 Å². The second kappa shape index (κ2) is 13.9. The van der Waals surface area contributed by atoms with Crippen LogP contribution in [-0.2, 0) is 16.0 Å². The van der Waals surface area contributed by atoms with Crippen LogP contribution in [0.3, 0.4) is 0 Å². The van der Waals surface area contributed by atoms with Crippen LogP contribution in [0.5, 0.6) is 0 Å². The Balaban J connectivity index is 0.000000225. The number of nitrogens with zero attached hydrogens (tertiary/aromatic N) is 3. The second-order valence-corrected chi connectivity index (χ2v) is 6.17. The molecule has 2 heterocycles.